The highest BCUT2D eigenvalue weighted by Crippen LogP contribution is 2.26. The summed E-state index contributed by atoms with van der Waals surface area (Å²) in [5.74, 6) is -0.0119. The molecular formula is C23H14Cl4N2O2. The second-order valence-corrected chi connectivity index (χ2v) is 8.01. The number of halogens is 4. The second kappa shape index (κ2) is 10.6. The topological polar surface area (TPSA) is 62.1 Å². The molecule has 156 valence electrons. The summed E-state index contributed by atoms with van der Waals surface area (Å²) in [6, 6.07) is 18.7. The van der Waals surface area contributed by atoms with E-state index in [1.807, 2.05) is 6.07 Å². The number of hydrogen-bond acceptors (Lipinski definition) is 3. The Balaban J connectivity index is 1.72. The van der Waals surface area contributed by atoms with Crippen LogP contribution in [0.2, 0.25) is 20.1 Å². The second-order valence-electron chi connectivity index (χ2n) is 6.35. The van der Waals surface area contributed by atoms with E-state index in [1.165, 1.54) is 12.1 Å². The molecule has 3 rings (SSSR count). The Kier molecular flexibility index (Phi) is 7.84. The largest absolute Gasteiger partial charge is 0.489 e. The first-order chi connectivity index (χ1) is 14.9. The number of nitrogens with zero attached hydrogens (tertiary/aromatic N) is 1. The zero-order valence-corrected chi connectivity index (χ0v) is 18.9. The van der Waals surface area contributed by atoms with Crippen molar-refractivity contribution in [3.8, 4) is 11.8 Å². The van der Waals surface area contributed by atoms with Gasteiger partial charge in [0.05, 0.1) is 10.0 Å². The average molecular weight is 492 g/mol. The third-order valence-electron chi connectivity index (χ3n) is 4.12. The Bertz CT molecular complexity index is 1200. The predicted molar refractivity (Wildman–Crippen MR) is 126 cm³/mol. The van der Waals surface area contributed by atoms with Gasteiger partial charge in [0.1, 0.15) is 24.0 Å². The molecule has 0 aromatic heterocycles. The number of anilines is 1. The molecule has 0 spiro atoms. The Morgan fingerprint density at radius 2 is 1.77 bits per heavy atom. The normalized spacial score (nSPS) is 11.0. The highest BCUT2D eigenvalue weighted by atomic mass is 35.5. The lowest BCUT2D eigenvalue weighted by atomic mass is 10.1. The van der Waals surface area contributed by atoms with Gasteiger partial charge in [0.2, 0.25) is 0 Å². The van der Waals surface area contributed by atoms with Crippen molar-refractivity contribution >= 4 is 64.1 Å². The highest BCUT2D eigenvalue weighted by Gasteiger charge is 2.11. The van der Waals surface area contributed by atoms with Gasteiger partial charge in [0.15, 0.2) is 0 Å². The SMILES string of the molecule is N#C/C(=C/c1cccc(OCc2ccc(Cl)cc2Cl)c1)C(=O)Nc1ccc(Cl)c(Cl)c1. The van der Waals surface area contributed by atoms with E-state index < -0.39 is 5.91 Å². The number of hydrogen-bond donors (Lipinski definition) is 1. The predicted octanol–water partition coefficient (Wildman–Crippen LogP) is 7.42. The van der Waals surface area contributed by atoms with E-state index >= 15 is 0 Å². The monoisotopic (exact) mass is 490 g/mol. The molecule has 0 atom stereocenters. The summed E-state index contributed by atoms with van der Waals surface area (Å²) in [4.78, 5) is 12.5. The minimum absolute atomic E-state index is 0.0797. The molecule has 1 amide bonds. The quantitative estimate of drug-likeness (QED) is 0.288. The summed E-state index contributed by atoms with van der Waals surface area (Å²) in [6.45, 7) is 0.242. The summed E-state index contributed by atoms with van der Waals surface area (Å²) in [5, 5.41) is 13.8. The van der Waals surface area contributed by atoms with Crippen molar-refractivity contribution in [1.82, 2.24) is 0 Å². The van der Waals surface area contributed by atoms with Crippen LogP contribution in [0.5, 0.6) is 5.75 Å². The molecule has 0 fully saturated rings. The molecule has 1 N–H and O–H groups in total. The van der Waals surface area contributed by atoms with Crippen LogP contribution >= 0.6 is 46.4 Å². The number of benzene rings is 3. The van der Waals surface area contributed by atoms with Crippen LogP contribution in [0, 0.1) is 11.3 Å². The van der Waals surface area contributed by atoms with Gasteiger partial charge in [0, 0.05) is 21.3 Å². The van der Waals surface area contributed by atoms with Gasteiger partial charge < -0.3 is 10.1 Å². The first-order valence-electron chi connectivity index (χ1n) is 8.90. The smallest absolute Gasteiger partial charge is 0.266 e. The van der Waals surface area contributed by atoms with Crippen LogP contribution in [-0.2, 0) is 11.4 Å². The maximum absolute atomic E-state index is 12.5. The fraction of sp³-hybridized carbons (Fsp3) is 0.0435. The van der Waals surface area contributed by atoms with Gasteiger partial charge in [-0.15, -0.1) is 0 Å². The van der Waals surface area contributed by atoms with E-state index in [4.69, 9.17) is 51.1 Å². The number of ether oxygens (including phenoxy) is 1. The number of amides is 1. The summed E-state index contributed by atoms with van der Waals surface area (Å²) >= 11 is 23.9. The molecule has 0 bridgehead atoms. The molecule has 0 heterocycles. The Morgan fingerprint density at radius 3 is 2.48 bits per heavy atom. The molecule has 31 heavy (non-hydrogen) atoms. The zero-order chi connectivity index (χ0) is 22.4. The van der Waals surface area contributed by atoms with E-state index in [1.54, 1.807) is 54.6 Å². The lowest BCUT2D eigenvalue weighted by Gasteiger charge is -2.09. The molecule has 0 aliphatic carbocycles. The van der Waals surface area contributed by atoms with Crippen LogP contribution < -0.4 is 10.1 Å². The van der Waals surface area contributed by atoms with Crippen LogP contribution in [-0.4, -0.2) is 5.91 Å². The molecule has 4 nitrogen and oxygen atoms in total. The van der Waals surface area contributed by atoms with Crippen molar-refractivity contribution in [2.75, 3.05) is 5.32 Å². The van der Waals surface area contributed by atoms with Gasteiger partial charge in [-0.25, -0.2) is 0 Å². The molecular weight excluding hydrogens is 478 g/mol. The van der Waals surface area contributed by atoms with Crippen molar-refractivity contribution in [3.63, 3.8) is 0 Å². The molecule has 0 unspecified atom stereocenters. The van der Waals surface area contributed by atoms with Gasteiger partial charge in [-0.3, -0.25) is 4.79 Å². The van der Waals surface area contributed by atoms with Crippen LogP contribution in [0.3, 0.4) is 0 Å². The number of carbonyl (C=O) groups is 1. The maximum atomic E-state index is 12.5. The fourth-order valence-electron chi connectivity index (χ4n) is 2.58. The van der Waals surface area contributed by atoms with E-state index in [9.17, 15) is 10.1 Å². The van der Waals surface area contributed by atoms with Gasteiger partial charge in [-0.05, 0) is 54.1 Å². The third-order valence-corrected chi connectivity index (χ3v) is 5.45. The highest BCUT2D eigenvalue weighted by molar-refractivity contribution is 6.42. The van der Waals surface area contributed by atoms with Gasteiger partial charge in [0.25, 0.3) is 5.91 Å². The standard InChI is InChI=1S/C23H14Cl4N2O2/c24-17-5-4-15(21(26)10-17)13-31-19-3-1-2-14(9-19)8-16(12-28)23(30)29-18-6-7-20(25)22(27)11-18/h1-11H,13H2,(H,29,30)/b16-8-. The number of nitrogens with one attached hydrogen (secondary N) is 1. The maximum Gasteiger partial charge on any atom is 0.266 e. The number of carbonyl (C=O) groups excluding carboxylic acids is 1. The van der Waals surface area contributed by atoms with Crippen molar-refractivity contribution in [2.45, 2.75) is 6.61 Å². The summed E-state index contributed by atoms with van der Waals surface area (Å²) in [5.41, 5.74) is 1.76. The summed E-state index contributed by atoms with van der Waals surface area (Å²) in [6.07, 6.45) is 1.47. The van der Waals surface area contributed by atoms with Crippen molar-refractivity contribution in [1.29, 1.82) is 5.26 Å². The molecule has 0 radical (unpaired) electrons. The lowest BCUT2D eigenvalue weighted by molar-refractivity contribution is -0.112. The molecule has 3 aromatic rings. The van der Waals surface area contributed by atoms with E-state index in [-0.39, 0.29) is 12.2 Å². The molecule has 0 aliphatic rings. The molecule has 8 heteroatoms. The van der Waals surface area contributed by atoms with Gasteiger partial charge in [-0.2, -0.15) is 5.26 Å². The van der Waals surface area contributed by atoms with Crippen LogP contribution in [0.25, 0.3) is 6.08 Å². The van der Waals surface area contributed by atoms with Crippen LogP contribution in [0.15, 0.2) is 66.2 Å². The van der Waals surface area contributed by atoms with Crippen LogP contribution in [0.1, 0.15) is 11.1 Å². The molecule has 0 aliphatic heterocycles. The Labute approximate surface area is 199 Å². The first kappa shape index (κ1) is 23.0. The van der Waals surface area contributed by atoms with E-state index in [0.29, 0.717) is 37.1 Å². The first-order valence-corrected chi connectivity index (χ1v) is 10.4. The Hall–Kier alpha value is -2.68. The summed E-state index contributed by atoms with van der Waals surface area (Å²) < 4.78 is 5.78. The molecule has 0 saturated carbocycles. The van der Waals surface area contributed by atoms with Crippen molar-refractivity contribution in [3.05, 3.63) is 97.5 Å². The van der Waals surface area contributed by atoms with Gasteiger partial charge in [-0.1, -0.05) is 64.6 Å². The molecule has 0 saturated heterocycles. The minimum atomic E-state index is -0.569. The third kappa shape index (κ3) is 6.40. The minimum Gasteiger partial charge on any atom is -0.489 e. The fourth-order valence-corrected chi connectivity index (χ4v) is 3.34. The molecule has 3 aromatic carbocycles. The number of nitriles is 1. The van der Waals surface area contributed by atoms with Crippen molar-refractivity contribution in [2.24, 2.45) is 0 Å². The Morgan fingerprint density at radius 1 is 0.968 bits per heavy atom. The number of rotatable bonds is 6. The summed E-state index contributed by atoms with van der Waals surface area (Å²) in [7, 11) is 0. The zero-order valence-electron chi connectivity index (χ0n) is 15.8. The van der Waals surface area contributed by atoms with E-state index in [0.717, 1.165) is 5.56 Å². The van der Waals surface area contributed by atoms with E-state index in [2.05, 4.69) is 5.32 Å². The lowest BCUT2D eigenvalue weighted by Crippen LogP contribution is -2.13. The average Bonchev–Trinajstić information content (AvgIpc) is 2.74. The van der Waals surface area contributed by atoms with Crippen LogP contribution in [0.4, 0.5) is 5.69 Å². The van der Waals surface area contributed by atoms with Gasteiger partial charge >= 0.3 is 0 Å². The van der Waals surface area contributed by atoms with Crippen molar-refractivity contribution < 1.29 is 9.53 Å².